The van der Waals surface area contributed by atoms with Crippen LogP contribution in [0.5, 0.6) is 0 Å². The maximum absolute atomic E-state index is 10.8. The minimum absolute atomic E-state index is 0.128. The van der Waals surface area contributed by atoms with Gasteiger partial charge in [-0.05, 0) is 19.1 Å². The Morgan fingerprint density at radius 2 is 2.50 bits per heavy atom. The third-order valence-corrected chi connectivity index (χ3v) is 3.72. The number of rotatable bonds is 3. The van der Waals surface area contributed by atoms with Crippen LogP contribution in [0.15, 0.2) is 12.3 Å². The van der Waals surface area contributed by atoms with Crippen molar-refractivity contribution in [2.75, 3.05) is 16.8 Å². The van der Waals surface area contributed by atoms with Gasteiger partial charge in [-0.25, -0.2) is 4.98 Å². The molecule has 1 aromatic rings. The summed E-state index contributed by atoms with van der Waals surface area (Å²) >= 11 is 1.89. The Bertz CT molecular complexity index is 405. The van der Waals surface area contributed by atoms with Gasteiger partial charge in [-0.15, -0.1) is 0 Å². The van der Waals surface area contributed by atoms with Crippen molar-refractivity contribution in [1.29, 1.82) is 0 Å². The predicted molar refractivity (Wildman–Crippen MR) is 65.0 cm³/mol. The van der Waals surface area contributed by atoms with Gasteiger partial charge in [0.25, 0.3) is 5.69 Å². The molecule has 1 aromatic heterocycles. The van der Waals surface area contributed by atoms with Crippen LogP contribution >= 0.6 is 11.8 Å². The van der Waals surface area contributed by atoms with E-state index in [1.807, 2.05) is 11.8 Å². The van der Waals surface area contributed by atoms with Crippen LogP contribution in [-0.4, -0.2) is 27.5 Å². The van der Waals surface area contributed by atoms with Crippen molar-refractivity contribution >= 4 is 23.3 Å². The number of hydrogen-bond donors (Lipinski definition) is 1. The van der Waals surface area contributed by atoms with E-state index in [-0.39, 0.29) is 10.6 Å². The van der Waals surface area contributed by atoms with E-state index in [1.165, 1.54) is 6.07 Å². The second-order valence-corrected chi connectivity index (χ2v) is 4.97. The molecule has 86 valence electrons. The molecule has 0 amide bonds. The second-order valence-electron chi connectivity index (χ2n) is 3.82. The number of thioether (sulfide) groups is 1. The fraction of sp³-hybridized carbons (Fsp3) is 0.500. The molecule has 0 radical (unpaired) electrons. The van der Waals surface area contributed by atoms with E-state index >= 15 is 0 Å². The molecule has 16 heavy (non-hydrogen) atoms. The number of aryl methyl sites for hydroxylation is 1. The van der Waals surface area contributed by atoms with E-state index in [2.05, 4.69) is 10.3 Å². The maximum atomic E-state index is 10.8. The number of anilines is 1. The van der Waals surface area contributed by atoms with Crippen LogP contribution < -0.4 is 5.32 Å². The fourth-order valence-electron chi connectivity index (χ4n) is 1.65. The third kappa shape index (κ3) is 2.44. The molecule has 0 bridgehead atoms. The van der Waals surface area contributed by atoms with E-state index < -0.39 is 0 Å². The molecule has 2 rings (SSSR count). The summed E-state index contributed by atoms with van der Waals surface area (Å²) in [4.78, 5) is 14.5. The van der Waals surface area contributed by atoms with Crippen LogP contribution in [-0.2, 0) is 0 Å². The average Bonchev–Trinajstić information content (AvgIpc) is 2.73. The second kappa shape index (κ2) is 4.69. The number of aromatic nitrogens is 1. The zero-order chi connectivity index (χ0) is 11.5. The topological polar surface area (TPSA) is 68.1 Å². The van der Waals surface area contributed by atoms with Gasteiger partial charge in [0, 0.05) is 23.6 Å². The van der Waals surface area contributed by atoms with Gasteiger partial charge in [0.2, 0.25) is 0 Å². The number of pyridine rings is 1. The first-order chi connectivity index (χ1) is 7.66. The molecule has 1 N–H and O–H groups in total. The van der Waals surface area contributed by atoms with Crippen LogP contribution in [0, 0.1) is 17.0 Å². The summed E-state index contributed by atoms with van der Waals surface area (Å²) in [7, 11) is 0. The van der Waals surface area contributed by atoms with Gasteiger partial charge in [0.15, 0.2) is 0 Å². The van der Waals surface area contributed by atoms with Crippen molar-refractivity contribution in [3.05, 3.63) is 27.9 Å². The van der Waals surface area contributed by atoms with Gasteiger partial charge in [0.05, 0.1) is 11.0 Å². The normalized spacial score (nSPS) is 19.7. The SMILES string of the molecule is Cc1cnc(NC2CCSC2)cc1[N+](=O)[O-]. The van der Waals surface area contributed by atoms with Crippen molar-refractivity contribution in [1.82, 2.24) is 4.98 Å². The van der Waals surface area contributed by atoms with Crippen LogP contribution in [0.4, 0.5) is 11.5 Å². The molecule has 1 aliphatic rings. The van der Waals surface area contributed by atoms with Gasteiger partial charge in [-0.3, -0.25) is 10.1 Å². The zero-order valence-electron chi connectivity index (χ0n) is 8.97. The number of nitrogens with zero attached hydrogens (tertiary/aromatic N) is 2. The highest BCUT2D eigenvalue weighted by atomic mass is 32.2. The molecule has 1 atom stereocenters. The smallest absolute Gasteiger partial charge is 0.277 e. The zero-order valence-corrected chi connectivity index (χ0v) is 9.79. The fourth-order valence-corrected chi connectivity index (χ4v) is 2.80. The molecule has 5 nitrogen and oxygen atoms in total. The van der Waals surface area contributed by atoms with E-state index in [9.17, 15) is 10.1 Å². The minimum Gasteiger partial charge on any atom is -0.366 e. The van der Waals surface area contributed by atoms with E-state index in [4.69, 9.17) is 0 Å². The molecule has 1 saturated heterocycles. The highest BCUT2D eigenvalue weighted by Crippen LogP contribution is 2.24. The molecule has 1 unspecified atom stereocenters. The lowest BCUT2D eigenvalue weighted by Crippen LogP contribution is -2.19. The van der Waals surface area contributed by atoms with Crippen LogP contribution in [0.3, 0.4) is 0 Å². The average molecular weight is 239 g/mol. The standard InChI is InChI=1S/C10H13N3O2S/c1-7-5-11-10(4-9(7)13(14)15)12-8-2-3-16-6-8/h4-5,8H,2-3,6H2,1H3,(H,11,12). The van der Waals surface area contributed by atoms with Gasteiger partial charge in [-0.2, -0.15) is 11.8 Å². The van der Waals surface area contributed by atoms with Crippen LogP contribution in [0.2, 0.25) is 0 Å². The highest BCUT2D eigenvalue weighted by molar-refractivity contribution is 7.99. The number of nitro groups is 1. The molecule has 6 heteroatoms. The Kier molecular flexibility index (Phi) is 3.28. The maximum Gasteiger partial charge on any atom is 0.277 e. The largest absolute Gasteiger partial charge is 0.366 e. The van der Waals surface area contributed by atoms with Crippen molar-refractivity contribution in [3.63, 3.8) is 0 Å². The molecule has 2 heterocycles. The summed E-state index contributed by atoms with van der Waals surface area (Å²) in [6.45, 7) is 1.69. The van der Waals surface area contributed by atoms with Gasteiger partial charge >= 0.3 is 0 Å². The summed E-state index contributed by atoms with van der Waals surface area (Å²) in [6.07, 6.45) is 2.64. The summed E-state index contributed by atoms with van der Waals surface area (Å²) in [5.41, 5.74) is 0.722. The van der Waals surface area contributed by atoms with Crippen LogP contribution in [0.25, 0.3) is 0 Å². The summed E-state index contributed by atoms with van der Waals surface area (Å²) in [6, 6.07) is 1.90. The number of hydrogen-bond acceptors (Lipinski definition) is 5. The van der Waals surface area contributed by atoms with Gasteiger partial charge in [-0.1, -0.05) is 0 Å². The lowest BCUT2D eigenvalue weighted by molar-refractivity contribution is -0.385. The van der Waals surface area contributed by atoms with E-state index in [0.717, 1.165) is 17.9 Å². The minimum atomic E-state index is -0.369. The quantitative estimate of drug-likeness (QED) is 0.647. The van der Waals surface area contributed by atoms with Crippen molar-refractivity contribution in [2.24, 2.45) is 0 Å². The van der Waals surface area contributed by atoms with Gasteiger partial charge in [0.1, 0.15) is 5.82 Å². The Balaban J connectivity index is 2.15. The first-order valence-electron chi connectivity index (χ1n) is 5.12. The molecule has 1 fully saturated rings. The molecular weight excluding hydrogens is 226 g/mol. The van der Waals surface area contributed by atoms with Crippen molar-refractivity contribution in [3.8, 4) is 0 Å². The first kappa shape index (κ1) is 11.2. The Morgan fingerprint density at radius 1 is 1.69 bits per heavy atom. The lowest BCUT2D eigenvalue weighted by atomic mass is 10.2. The number of nitrogens with one attached hydrogen (secondary N) is 1. The molecule has 0 aromatic carbocycles. The van der Waals surface area contributed by atoms with E-state index in [0.29, 0.717) is 17.4 Å². The summed E-state index contributed by atoms with van der Waals surface area (Å²) < 4.78 is 0. The lowest BCUT2D eigenvalue weighted by Gasteiger charge is -2.11. The monoisotopic (exact) mass is 239 g/mol. The van der Waals surface area contributed by atoms with Crippen molar-refractivity contribution in [2.45, 2.75) is 19.4 Å². The van der Waals surface area contributed by atoms with Crippen molar-refractivity contribution < 1.29 is 4.92 Å². The molecule has 0 spiro atoms. The highest BCUT2D eigenvalue weighted by Gasteiger charge is 2.17. The summed E-state index contributed by atoms with van der Waals surface area (Å²) in [5.74, 6) is 2.79. The van der Waals surface area contributed by atoms with Gasteiger partial charge < -0.3 is 5.32 Å². The summed E-state index contributed by atoms with van der Waals surface area (Å²) in [5, 5.41) is 14.0. The third-order valence-electron chi connectivity index (χ3n) is 2.55. The van der Waals surface area contributed by atoms with Crippen LogP contribution in [0.1, 0.15) is 12.0 Å². The van der Waals surface area contributed by atoms with E-state index in [1.54, 1.807) is 13.1 Å². The molecular formula is C10H13N3O2S. The first-order valence-corrected chi connectivity index (χ1v) is 6.27. The molecule has 1 aliphatic heterocycles. The Hall–Kier alpha value is -1.30. The molecule has 0 aliphatic carbocycles. The Labute approximate surface area is 97.8 Å². The molecule has 0 saturated carbocycles. The predicted octanol–water partition coefficient (Wildman–Crippen LogP) is 2.22. The Morgan fingerprint density at radius 3 is 3.12 bits per heavy atom.